The zero-order chi connectivity index (χ0) is 22.8. The summed E-state index contributed by atoms with van der Waals surface area (Å²) in [6.07, 6.45) is -1.50. The van der Waals surface area contributed by atoms with Crippen LogP contribution in [0.15, 0.2) is 47.1 Å². The van der Waals surface area contributed by atoms with Gasteiger partial charge in [-0.15, -0.1) is 0 Å². The van der Waals surface area contributed by atoms with Crippen LogP contribution < -0.4 is 5.73 Å². The second-order valence-corrected chi connectivity index (χ2v) is 7.37. The van der Waals surface area contributed by atoms with Gasteiger partial charge >= 0.3 is 0 Å². The van der Waals surface area contributed by atoms with Gasteiger partial charge < -0.3 is 15.2 Å². The fourth-order valence-electron chi connectivity index (χ4n) is 3.24. The number of nitrogens with two attached hydrogens (primary N) is 1. The van der Waals surface area contributed by atoms with E-state index < -0.39 is 6.43 Å². The maximum absolute atomic E-state index is 13.4. The number of nitrogens with zero attached hydrogens (tertiary/aromatic N) is 5. The Kier molecular flexibility index (Phi) is 5.76. The molecule has 1 aromatic carbocycles. The van der Waals surface area contributed by atoms with E-state index in [4.69, 9.17) is 10.3 Å². The predicted molar refractivity (Wildman–Crippen MR) is 113 cm³/mol. The Morgan fingerprint density at radius 1 is 1.12 bits per heavy atom. The molecule has 32 heavy (non-hydrogen) atoms. The van der Waals surface area contributed by atoms with Crippen LogP contribution in [0.4, 0.5) is 14.6 Å². The van der Waals surface area contributed by atoms with E-state index in [2.05, 4.69) is 20.1 Å². The van der Waals surface area contributed by atoms with E-state index in [0.717, 1.165) is 17.1 Å². The van der Waals surface area contributed by atoms with E-state index in [9.17, 15) is 13.6 Å². The first-order valence-electron chi connectivity index (χ1n) is 9.78. The third kappa shape index (κ3) is 4.53. The minimum absolute atomic E-state index is 0.0610. The molecule has 0 spiro atoms. The van der Waals surface area contributed by atoms with Crippen LogP contribution in [-0.4, -0.2) is 30.9 Å². The number of hydrogen-bond acceptors (Lipinski definition) is 7. The number of rotatable bonds is 6. The molecule has 1 amide bonds. The summed E-state index contributed by atoms with van der Waals surface area (Å²) in [5.41, 5.74) is 8.05. The van der Waals surface area contributed by atoms with Crippen molar-refractivity contribution in [2.45, 2.75) is 33.4 Å². The molecular formula is C22H20F2N6O2. The van der Waals surface area contributed by atoms with Crippen LogP contribution in [-0.2, 0) is 13.1 Å². The monoisotopic (exact) mass is 438 g/mol. The maximum Gasteiger partial charge on any atom is 0.265 e. The highest BCUT2D eigenvalue weighted by molar-refractivity contribution is 5.98. The summed E-state index contributed by atoms with van der Waals surface area (Å²) in [7, 11) is 0. The first-order valence-corrected chi connectivity index (χ1v) is 9.78. The molecule has 0 unspecified atom stereocenters. The zero-order valence-corrected chi connectivity index (χ0v) is 17.4. The van der Waals surface area contributed by atoms with Crippen LogP contribution in [0.5, 0.6) is 0 Å². The third-order valence-corrected chi connectivity index (χ3v) is 4.93. The quantitative estimate of drug-likeness (QED) is 0.484. The molecule has 0 aliphatic heterocycles. The molecule has 2 N–H and O–H groups in total. The number of fused-ring (bicyclic) bond motifs is 1. The van der Waals surface area contributed by atoms with Gasteiger partial charge in [-0.3, -0.25) is 9.78 Å². The normalized spacial score (nSPS) is 11.3. The molecule has 0 saturated heterocycles. The lowest BCUT2D eigenvalue weighted by Crippen LogP contribution is -2.31. The first-order chi connectivity index (χ1) is 15.3. The lowest BCUT2D eigenvalue weighted by Gasteiger charge is -2.21. The molecule has 0 aliphatic carbocycles. The molecule has 3 aromatic heterocycles. The second-order valence-electron chi connectivity index (χ2n) is 7.37. The summed E-state index contributed by atoms with van der Waals surface area (Å²) in [5, 5.41) is 4.63. The van der Waals surface area contributed by atoms with Gasteiger partial charge in [-0.1, -0.05) is 5.16 Å². The number of alkyl halides is 2. The molecule has 0 atom stereocenters. The number of pyridine rings is 2. The van der Waals surface area contributed by atoms with E-state index in [0.29, 0.717) is 34.3 Å². The number of aromatic nitrogens is 4. The van der Waals surface area contributed by atoms with Crippen LogP contribution in [0.1, 0.15) is 45.3 Å². The van der Waals surface area contributed by atoms with Crippen molar-refractivity contribution >= 4 is 22.6 Å². The van der Waals surface area contributed by atoms with E-state index >= 15 is 0 Å². The van der Waals surface area contributed by atoms with Crippen LogP contribution in [0.25, 0.3) is 10.9 Å². The Hall–Kier alpha value is -3.95. The summed E-state index contributed by atoms with van der Waals surface area (Å²) >= 11 is 0. The minimum atomic E-state index is -2.61. The molecule has 3 heterocycles. The largest absolute Gasteiger partial charge is 0.383 e. The van der Waals surface area contributed by atoms with Crippen molar-refractivity contribution in [1.82, 2.24) is 25.0 Å². The van der Waals surface area contributed by atoms with Crippen LogP contribution in [0.2, 0.25) is 0 Å². The van der Waals surface area contributed by atoms with Crippen molar-refractivity contribution in [1.29, 1.82) is 0 Å². The average molecular weight is 438 g/mol. The third-order valence-electron chi connectivity index (χ3n) is 4.93. The highest BCUT2D eigenvalue weighted by Crippen LogP contribution is 2.22. The minimum Gasteiger partial charge on any atom is -0.383 e. The molecule has 0 bridgehead atoms. The topological polar surface area (TPSA) is 111 Å². The van der Waals surface area contributed by atoms with Gasteiger partial charge in [-0.2, -0.15) is 4.98 Å². The molecule has 0 aliphatic rings. The van der Waals surface area contributed by atoms with Gasteiger partial charge in [0.2, 0.25) is 5.89 Å². The lowest BCUT2D eigenvalue weighted by atomic mass is 10.1. The summed E-state index contributed by atoms with van der Waals surface area (Å²) < 4.78 is 30.7. The summed E-state index contributed by atoms with van der Waals surface area (Å²) in [4.78, 5) is 27.4. The van der Waals surface area contributed by atoms with Crippen molar-refractivity contribution < 1.29 is 18.1 Å². The van der Waals surface area contributed by atoms with E-state index in [-0.39, 0.29) is 24.6 Å². The van der Waals surface area contributed by atoms with Crippen LogP contribution >= 0.6 is 0 Å². The van der Waals surface area contributed by atoms with Gasteiger partial charge in [0.15, 0.2) is 5.82 Å². The Bertz CT molecular complexity index is 1270. The molecule has 8 nitrogen and oxygen atoms in total. The summed E-state index contributed by atoms with van der Waals surface area (Å²) in [6.45, 7) is 3.63. The molecule has 10 heteroatoms. The fraction of sp³-hybridized carbons (Fsp3) is 0.227. The number of carbonyl (C=O) groups excluding carboxylic acids is 1. The highest BCUT2D eigenvalue weighted by atomic mass is 19.3. The first kappa shape index (κ1) is 21.3. The Morgan fingerprint density at radius 2 is 1.94 bits per heavy atom. The van der Waals surface area contributed by atoms with E-state index in [1.165, 1.54) is 17.0 Å². The van der Waals surface area contributed by atoms with Crippen molar-refractivity contribution in [3.05, 3.63) is 76.7 Å². The maximum atomic E-state index is 13.4. The number of benzene rings is 1. The molecular weight excluding hydrogens is 418 g/mol. The van der Waals surface area contributed by atoms with Gasteiger partial charge in [0.05, 0.1) is 24.3 Å². The molecule has 4 aromatic rings. The molecule has 0 radical (unpaired) electrons. The molecule has 0 fully saturated rings. The van der Waals surface area contributed by atoms with Gasteiger partial charge in [0, 0.05) is 29.6 Å². The standard InChI is InChI=1S/C22H20F2N6O2/c1-12-7-16-8-14(4-6-18(16)28-21(12)25)22(31)30(11-19-27-13(2)32-29-19)10-17-5-3-15(9-26-17)20(23)24/h3-9,20H,10-11H2,1-2H3,(H2,25,28). The summed E-state index contributed by atoms with van der Waals surface area (Å²) in [6, 6.07) is 9.76. The van der Waals surface area contributed by atoms with Gasteiger partial charge in [-0.05, 0) is 48.9 Å². The predicted octanol–water partition coefficient (Wildman–Crippen LogP) is 3.99. The lowest BCUT2D eigenvalue weighted by molar-refractivity contribution is 0.0722. The molecule has 4 rings (SSSR count). The SMILES string of the molecule is Cc1nc(CN(Cc2ccc(C(F)F)cn2)C(=O)c2ccc3nc(N)c(C)cc3c2)no1. The molecule has 0 saturated carbocycles. The Morgan fingerprint density at radius 3 is 2.59 bits per heavy atom. The van der Waals surface area contributed by atoms with Crippen LogP contribution in [0.3, 0.4) is 0 Å². The van der Waals surface area contributed by atoms with Gasteiger partial charge in [0.25, 0.3) is 12.3 Å². The zero-order valence-electron chi connectivity index (χ0n) is 17.4. The number of hydrogen-bond donors (Lipinski definition) is 1. The number of carbonyl (C=O) groups is 1. The Balaban J connectivity index is 1.65. The van der Waals surface area contributed by atoms with Crippen molar-refractivity contribution in [2.24, 2.45) is 0 Å². The van der Waals surface area contributed by atoms with E-state index in [1.807, 2.05) is 13.0 Å². The second kappa shape index (κ2) is 8.66. The number of amides is 1. The highest BCUT2D eigenvalue weighted by Gasteiger charge is 2.21. The van der Waals surface area contributed by atoms with Crippen LogP contribution in [0, 0.1) is 13.8 Å². The number of nitrogen functional groups attached to an aromatic ring is 1. The van der Waals surface area contributed by atoms with Crippen molar-refractivity contribution in [3.8, 4) is 0 Å². The Labute approximate surface area is 182 Å². The van der Waals surface area contributed by atoms with Crippen molar-refractivity contribution in [2.75, 3.05) is 5.73 Å². The van der Waals surface area contributed by atoms with Crippen molar-refractivity contribution in [3.63, 3.8) is 0 Å². The van der Waals surface area contributed by atoms with Gasteiger partial charge in [0.1, 0.15) is 5.82 Å². The smallest absolute Gasteiger partial charge is 0.265 e. The average Bonchev–Trinajstić information content (AvgIpc) is 3.18. The summed E-state index contributed by atoms with van der Waals surface area (Å²) in [5.74, 6) is 0.829. The van der Waals surface area contributed by atoms with Gasteiger partial charge in [-0.25, -0.2) is 13.8 Å². The van der Waals surface area contributed by atoms with E-state index in [1.54, 1.807) is 25.1 Å². The molecule has 164 valence electrons. The number of aryl methyl sites for hydroxylation is 2. The number of anilines is 1. The number of halogens is 2. The fourth-order valence-corrected chi connectivity index (χ4v) is 3.24.